The van der Waals surface area contributed by atoms with Crippen molar-refractivity contribution in [1.82, 2.24) is 14.8 Å². The third-order valence-electron chi connectivity index (χ3n) is 3.48. The van der Waals surface area contributed by atoms with Crippen molar-refractivity contribution in [1.29, 1.82) is 0 Å². The molecular weight excluding hydrogens is 294 g/mol. The molecule has 1 aromatic heterocycles. The average Bonchev–Trinajstić information content (AvgIpc) is 2.75. The highest BCUT2D eigenvalue weighted by Gasteiger charge is 2.35. The molecule has 1 aliphatic heterocycles. The maximum Gasteiger partial charge on any atom is 0.276 e. The maximum atomic E-state index is 12.4. The van der Waals surface area contributed by atoms with E-state index >= 15 is 0 Å². The molecule has 1 amide bonds. The summed E-state index contributed by atoms with van der Waals surface area (Å²) in [4.78, 5) is 20.1. The second kappa shape index (κ2) is 6.07. The fourth-order valence-electron chi connectivity index (χ4n) is 2.31. The zero-order valence-electron chi connectivity index (χ0n) is 12.1. The summed E-state index contributed by atoms with van der Waals surface area (Å²) in [5.74, 6) is -0.0928. The highest BCUT2D eigenvalue weighted by Crippen LogP contribution is 2.24. The van der Waals surface area contributed by atoms with Crippen molar-refractivity contribution in [2.24, 2.45) is 0 Å². The van der Waals surface area contributed by atoms with Crippen LogP contribution in [0.15, 0.2) is 60.4 Å². The molecule has 0 bridgehead atoms. The highest BCUT2D eigenvalue weighted by molar-refractivity contribution is 7.80. The third kappa shape index (κ3) is 2.76. The quantitative estimate of drug-likeness (QED) is 0.645. The zero-order valence-corrected chi connectivity index (χ0v) is 13.0. The number of rotatable bonds is 3. The molecule has 1 saturated heterocycles. The number of carbonyl (C=O) groups is 1. The van der Waals surface area contributed by atoms with Gasteiger partial charge in [0.2, 0.25) is 0 Å². The Balaban J connectivity index is 1.96. The number of hydrogen-bond acceptors (Lipinski definition) is 3. The van der Waals surface area contributed by atoms with Crippen molar-refractivity contribution in [3.8, 4) is 0 Å². The fourth-order valence-corrected chi connectivity index (χ4v) is 2.56. The van der Waals surface area contributed by atoms with Gasteiger partial charge in [0.15, 0.2) is 5.11 Å². The molecule has 1 aromatic carbocycles. The van der Waals surface area contributed by atoms with Gasteiger partial charge in [-0.15, -0.1) is 0 Å². The summed E-state index contributed by atoms with van der Waals surface area (Å²) in [6, 6.07) is 15.5. The van der Waals surface area contributed by atoms with Gasteiger partial charge in [-0.1, -0.05) is 36.4 Å². The van der Waals surface area contributed by atoms with Gasteiger partial charge in [-0.25, -0.2) is 0 Å². The van der Waals surface area contributed by atoms with Gasteiger partial charge in [0.1, 0.15) is 5.70 Å². The van der Waals surface area contributed by atoms with Crippen LogP contribution >= 0.6 is 12.2 Å². The lowest BCUT2D eigenvalue weighted by Gasteiger charge is -2.18. The van der Waals surface area contributed by atoms with E-state index in [2.05, 4.69) is 4.98 Å². The molecule has 1 aliphatic rings. The first-order chi connectivity index (χ1) is 10.7. The Morgan fingerprint density at radius 3 is 2.55 bits per heavy atom. The molecule has 0 unspecified atom stereocenters. The molecule has 0 atom stereocenters. The highest BCUT2D eigenvalue weighted by atomic mass is 32.1. The molecule has 0 aliphatic carbocycles. The third-order valence-corrected chi connectivity index (χ3v) is 3.98. The predicted octanol–water partition coefficient (Wildman–Crippen LogP) is 2.68. The molecule has 0 spiro atoms. The largest absolute Gasteiger partial charge is 0.308 e. The summed E-state index contributed by atoms with van der Waals surface area (Å²) >= 11 is 5.40. The van der Waals surface area contributed by atoms with Crippen LogP contribution in [0.4, 0.5) is 0 Å². The lowest BCUT2D eigenvalue weighted by Crippen LogP contribution is -2.29. The van der Waals surface area contributed by atoms with E-state index in [0.29, 0.717) is 17.4 Å². The molecule has 22 heavy (non-hydrogen) atoms. The first kappa shape index (κ1) is 14.4. The van der Waals surface area contributed by atoms with E-state index < -0.39 is 0 Å². The van der Waals surface area contributed by atoms with Gasteiger partial charge in [-0.05, 0) is 36.0 Å². The topological polar surface area (TPSA) is 36.4 Å². The molecule has 2 aromatic rings. The SMILES string of the molecule is CN1C(=O)/C(=C\c2ccccc2)N(Cc2ccccn2)C1=S. The second-order valence-corrected chi connectivity index (χ2v) is 5.36. The van der Waals surface area contributed by atoms with E-state index in [1.54, 1.807) is 13.2 Å². The number of amides is 1. The number of thiocarbonyl (C=S) groups is 1. The Bertz CT molecular complexity index is 728. The van der Waals surface area contributed by atoms with Crippen molar-refractivity contribution in [2.75, 3.05) is 7.05 Å². The van der Waals surface area contributed by atoms with Gasteiger partial charge in [0.25, 0.3) is 5.91 Å². The molecule has 0 N–H and O–H groups in total. The zero-order chi connectivity index (χ0) is 15.5. The molecule has 0 radical (unpaired) electrons. The number of pyridine rings is 1. The maximum absolute atomic E-state index is 12.4. The van der Waals surface area contributed by atoms with Crippen LogP contribution in [-0.4, -0.2) is 32.9 Å². The molecule has 110 valence electrons. The number of nitrogens with zero attached hydrogens (tertiary/aromatic N) is 3. The normalized spacial score (nSPS) is 16.7. The van der Waals surface area contributed by atoms with Crippen LogP contribution in [0.5, 0.6) is 0 Å². The summed E-state index contributed by atoms with van der Waals surface area (Å²) in [6.45, 7) is 0.481. The minimum Gasteiger partial charge on any atom is -0.308 e. The average molecular weight is 309 g/mol. The van der Waals surface area contributed by atoms with Crippen molar-refractivity contribution < 1.29 is 4.79 Å². The number of benzene rings is 1. The summed E-state index contributed by atoms with van der Waals surface area (Å²) < 4.78 is 0. The second-order valence-electron chi connectivity index (χ2n) is 4.99. The minimum atomic E-state index is -0.0928. The van der Waals surface area contributed by atoms with Crippen molar-refractivity contribution >= 4 is 29.3 Å². The van der Waals surface area contributed by atoms with Crippen LogP contribution in [0.1, 0.15) is 11.3 Å². The van der Waals surface area contributed by atoms with Gasteiger partial charge in [0, 0.05) is 13.2 Å². The monoisotopic (exact) mass is 309 g/mol. The van der Waals surface area contributed by atoms with E-state index in [4.69, 9.17) is 12.2 Å². The first-order valence-corrected chi connectivity index (χ1v) is 7.34. The summed E-state index contributed by atoms with van der Waals surface area (Å²) in [5, 5.41) is 0.498. The Kier molecular flexibility index (Phi) is 3.98. The summed E-state index contributed by atoms with van der Waals surface area (Å²) in [6.07, 6.45) is 3.60. The number of carbonyl (C=O) groups excluding carboxylic acids is 1. The van der Waals surface area contributed by atoms with E-state index in [1.807, 2.05) is 59.5 Å². The lowest BCUT2D eigenvalue weighted by molar-refractivity contribution is -0.121. The Hall–Kier alpha value is -2.53. The van der Waals surface area contributed by atoms with Crippen molar-refractivity contribution in [3.63, 3.8) is 0 Å². The molecule has 3 rings (SSSR count). The van der Waals surface area contributed by atoms with E-state index in [0.717, 1.165) is 11.3 Å². The molecule has 1 fully saturated rings. The van der Waals surface area contributed by atoms with Gasteiger partial charge in [0.05, 0.1) is 12.2 Å². The van der Waals surface area contributed by atoms with Crippen LogP contribution in [0.25, 0.3) is 6.08 Å². The standard InChI is InChI=1S/C17H15N3OS/c1-19-16(21)15(11-13-7-3-2-4-8-13)20(17(19)22)12-14-9-5-6-10-18-14/h2-11H,12H2,1H3/b15-11+. The van der Waals surface area contributed by atoms with Gasteiger partial charge in [-0.3, -0.25) is 14.7 Å². The molecule has 0 saturated carbocycles. The van der Waals surface area contributed by atoms with E-state index in [1.165, 1.54) is 4.90 Å². The van der Waals surface area contributed by atoms with Gasteiger partial charge >= 0.3 is 0 Å². The summed E-state index contributed by atoms with van der Waals surface area (Å²) in [7, 11) is 1.70. The minimum absolute atomic E-state index is 0.0928. The molecule has 5 heteroatoms. The van der Waals surface area contributed by atoms with E-state index in [9.17, 15) is 4.79 Å². The van der Waals surface area contributed by atoms with Crippen LogP contribution in [0, 0.1) is 0 Å². The molecule has 2 heterocycles. The number of likely N-dealkylation sites (N-methyl/N-ethyl adjacent to an activating group) is 1. The molecule has 4 nitrogen and oxygen atoms in total. The molecular formula is C17H15N3OS. The van der Waals surface area contributed by atoms with Crippen molar-refractivity contribution in [2.45, 2.75) is 6.54 Å². The Morgan fingerprint density at radius 1 is 1.14 bits per heavy atom. The van der Waals surface area contributed by atoms with Gasteiger partial charge < -0.3 is 4.90 Å². The number of aromatic nitrogens is 1. The van der Waals surface area contributed by atoms with Crippen LogP contribution in [0.3, 0.4) is 0 Å². The van der Waals surface area contributed by atoms with Crippen LogP contribution in [0.2, 0.25) is 0 Å². The fraction of sp³-hybridized carbons (Fsp3) is 0.118. The van der Waals surface area contributed by atoms with Crippen LogP contribution < -0.4 is 0 Å². The lowest BCUT2D eigenvalue weighted by atomic mass is 10.2. The van der Waals surface area contributed by atoms with Gasteiger partial charge in [-0.2, -0.15) is 0 Å². The Labute approximate surface area is 134 Å². The van der Waals surface area contributed by atoms with Crippen LogP contribution in [-0.2, 0) is 11.3 Å². The summed E-state index contributed by atoms with van der Waals surface area (Å²) in [5.41, 5.74) is 2.41. The smallest absolute Gasteiger partial charge is 0.276 e. The van der Waals surface area contributed by atoms with E-state index in [-0.39, 0.29) is 5.91 Å². The van der Waals surface area contributed by atoms with Crippen molar-refractivity contribution in [3.05, 3.63) is 71.7 Å². The first-order valence-electron chi connectivity index (χ1n) is 6.93. The Morgan fingerprint density at radius 2 is 1.86 bits per heavy atom. The predicted molar refractivity (Wildman–Crippen MR) is 89.6 cm³/mol. The number of hydrogen-bond donors (Lipinski definition) is 0.